The highest BCUT2D eigenvalue weighted by atomic mass is 35.5. The zero-order chi connectivity index (χ0) is 20.5. The van der Waals surface area contributed by atoms with E-state index in [0.717, 1.165) is 19.3 Å². The lowest BCUT2D eigenvalue weighted by Crippen LogP contribution is -2.42. The average Bonchev–Trinajstić information content (AvgIpc) is 3.41. The first-order valence-corrected chi connectivity index (χ1v) is 9.91. The zero-order valence-electron chi connectivity index (χ0n) is 15.9. The van der Waals surface area contributed by atoms with Crippen LogP contribution in [0.2, 0.25) is 5.02 Å². The number of likely N-dealkylation sites (N-methyl/N-ethyl adjacent to an activating group) is 1. The number of hydrogen-bond donors (Lipinski definition) is 4. The Morgan fingerprint density at radius 2 is 2.10 bits per heavy atom. The van der Waals surface area contributed by atoms with Crippen LogP contribution in [0.1, 0.15) is 19.3 Å². The molecule has 0 saturated heterocycles. The van der Waals surface area contributed by atoms with E-state index in [2.05, 4.69) is 31.0 Å². The van der Waals surface area contributed by atoms with Crippen LogP contribution in [0.3, 0.4) is 0 Å². The quantitative estimate of drug-likeness (QED) is 0.528. The van der Waals surface area contributed by atoms with Gasteiger partial charge in [0.25, 0.3) is 0 Å². The summed E-state index contributed by atoms with van der Waals surface area (Å²) in [4.78, 5) is 32.1. The van der Waals surface area contributed by atoms with E-state index in [0.29, 0.717) is 34.3 Å². The van der Waals surface area contributed by atoms with Gasteiger partial charge in [0.05, 0.1) is 24.0 Å². The molecule has 2 amide bonds. The number of amides is 2. The van der Waals surface area contributed by atoms with Gasteiger partial charge in [0.2, 0.25) is 17.8 Å². The van der Waals surface area contributed by atoms with Gasteiger partial charge in [0.1, 0.15) is 11.6 Å². The highest BCUT2D eigenvalue weighted by molar-refractivity contribution is 6.32. The van der Waals surface area contributed by atoms with Crippen molar-refractivity contribution < 1.29 is 9.59 Å². The molecule has 154 valence electrons. The van der Waals surface area contributed by atoms with Gasteiger partial charge in [0, 0.05) is 19.3 Å². The molecule has 4 atom stereocenters. The first-order valence-electron chi connectivity index (χ1n) is 9.53. The molecule has 2 aromatic rings. The minimum atomic E-state index is -0.276. The lowest BCUT2D eigenvalue weighted by Gasteiger charge is -2.30. The summed E-state index contributed by atoms with van der Waals surface area (Å²) in [5.74, 6) is 0.882. The van der Waals surface area contributed by atoms with Crippen molar-refractivity contribution in [1.29, 1.82) is 0 Å². The molecule has 29 heavy (non-hydrogen) atoms. The molecule has 2 saturated carbocycles. The molecule has 10 nitrogen and oxygen atoms in total. The number of nitrogens with zero attached hydrogens (tertiary/aromatic N) is 4. The maximum atomic E-state index is 12.0. The van der Waals surface area contributed by atoms with Crippen LogP contribution in [0.25, 0.3) is 0 Å². The normalized spacial score (nSPS) is 25.0. The van der Waals surface area contributed by atoms with Gasteiger partial charge in [0.15, 0.2) is 5.82 Å². The van der Waals surface area contributed by atoms with E-state index in [9.17, 15) is 9.59 Å². The van der Waals surface area contributed by atoms with E-state index in [1.807, 2.05) is 0 Å². The first kappa shape index (κ1) is 19.4. The van der Waals surface area contributed by atoms with E-state index in [1.54, 1.807) is 19.4 Å². The van der Waals surface area contributed by atoms with Gasteiger partial charge in [-0.15, -0.1) is 0 Å². The number of anilines is 3. The number of nitrogens with two attached hydrogens (primary N) is 1. The minimum absolute atomic E-state index is 0.0678. The number of fused-ring (bicyclic) bond motifs is 2. The van der Waals surface area contributed by atoms with Crippen molar-refractivity contribution in [1.82, 2.24) is 25.1 Å². The fourth-order valence-corrected chi connectivity index (χ4v) is 4.61. The molecular formula is C18H23ClN8O2. The Labute approximate surface area is 172 Å². The third kappa shape index (κ3) is 3.98. The Hall–Kier alpha value is -2.88. The second-order valence-corrected chi connectivity index (χ2v) is 7.95. The largest absolute Gasteiger partial charge is 0.369 e. The fourth-order valence-electron chi connectivity index (χ4n) is 4.46. The molecule has 0 aliphatic heterocycles. The number of carbonyl (C=O) groups is 2. The van der Waals surface area contributed by atoms with Crippen LogP contribution in [0.4, 0.5) is 17.5 Å². The monoisotopic (exact) mass is 418 g/mol. The smallest absolute Gasteiger partial charge is 0.241 e. The summed E-state index contributed by atoms with van der Waals surface area (Å²) in [6.07, 6.45) is 7.88. The lowest BCUT2D eigenvalue weighted by molar-refractivity contribution is -0.123. The number of nitrogens with one attached hydrogen (secondary N) is 3. The molecular weight excluding hydrogens is 396 g/mol. The van der Waals surface area contributed by atoms with Crippen molar-refractivity contribution in [2.75, 3.05) is 17.7 Å². The Kier molecular flexibility index (Phi) is 5.27. The van der Waals surface area contributed by atoms with Crippen molar-refractivity contribution in [3.8, 4) is 0 Å². The molecule has 0 spiro atoms. The Morgan fingerprint density at radius 1 is 1.31 bits per heavy atom. The number of primary amides is 1. The molecule has 0 unspecified atom stereocenters. The second kappa shape index (κ2) is 7.86. The van der Waals surface area contributed by atoms with Crippen LogP contribution in [-0.2, 0) is 16.1 Å². The van der Waals surface area contributed by atoms with Gasteiger partial charge in [-0.25, -0.2) is 4.98 Å². The van der Waals surface area contributed by atoms with E-state index in [1.165, 1.54) is 10.9 Å². The van der Waals surface area contributed by atoms with Crippen LogP contribution < -0.4 is 21.7 Å². The molecule has 5 N–H and O–H groups in total. The molecule has 2 aliphatic rings. The summed E-state index contributed by atoms with van der Waals surface area (Å²) < 4.78 is 1.50. The third-order valence-electron chi connectivity index (χ3n) is 5.77. The van der Waals surface area contributed by atoms with E-state index in [-0.39, 0.29) is 30.3 Å². The molecule has 2 aliphatic carbocycles. The SMILES string of the molecule is CNC(=O)Cn1cc(Nc2ncc(Cl)c(N[C@H]3[C@@H]4CC[C@@H](C4)[C@H]3C(N)=O)n2)cn1. The van der Waals surface area contributed by atoms with E-state index in [4.69, 9.17) is 17.3 Å². The summed E-state index contributed by atoms with van der Waals surface area (Å²) in [6, 6.07) is -0.0678. The Morgan fingerprint density at radius 3 is 2.86 bits per heavy atom. The van der Waals surface area contributed by atoms with Crippen molar-refractivity contribution >= 4 is 40.9 Å². The van der Waals surface area contributed by atoms with Crippen molar-refractivity contribution in [2.45, 2.75) is 31.8 Å². The van der Waals surface area contributed by atoms with Crippen LogP contribution in [0.5, 0.6) is 0 Å². The fraction of sp³-hybridized carbons (Fsp3) is 0.500. The maximum absolute atomic E-state index is 12.0. The zero-order valence-corrected chi connectivity index (χ0v) is 16.7. The van der Waals surface area contributed by atoms with Gasteiger partial charge in [-0.05, 0) is 31.1 Å². The van der Waals surface area contributed by atoms with Crippen molar-refractivity contribution in [2.24, 2.45) is 23.5 Å². The van der Waals surface area contributed by atoms with Crippen LogP contribution in [-0.4, -0.2) is 44.7 Å². The Bertz CT molecular complexity index is 932. The summed E-state index contributed by atoms with van der Waals surface area (Å²) in [7, 11) is 1.57. The van der Waals surface area contributed by atoms with E-state index >= 15 is 0 Å². The Balaban J connectivity index is 1.48. The van der Waals surface area contributed by atoms with Crippen LogP contribution >= 0.6 is 11.6 Å². The summed E-state index contributed by atoms with van der Waals surface area (Å²) in [6.45, 7) is 0.116. The standard InChI is InChI=1S/C18H23ClN8O2/c1-21-13(28)8-27-7-11(5-23-27)24-18-22-6-12(19)17(26-18)25-15-10-3-2-9(4-10)14(15)16(20)29/h5-7,9-10,14-15H,2-4,8H2,1H3,(H2,20,29)(H,21,28)(H2,22,24,25,26)/t9-,10+,14+,15-/m0/s1. The second-order valence-electron chi connectivity index (χ2n) is 7.55. The van der Waals surface area contributed by atoms with Crippen LogP contribution in [0, 0.1) is 17.8 Å². The summed E-state index contributed by atoms with van der Waals surface area (Å²) >= 11 is 6.29. The predicted octanol–water partition coefficient (Wildman–Crippen LogP) is 1.13. The van der Waals surface area contributed by atoms with Crippen molar-refractivity contribution in [3.05, 3.63) is 23.6 Å². The van der Waals surface area contributed by atoms with Gasteiger partial charge >= 0.3 is 0 Å². The maximum Gasteiger partial charge on any atom is 0.241 e. The summed E-state index contributed by atoms with van der Waals surface area (Å²) in [5.41, 5.74) is 6.29. The number of halogens is 1. The lowest BCUT2D eigenvalue weighted by atomic mass is 9.84. The molecule has 2 aromatic heterocycles. The number of aromatic nitrogens is 4. The van der Waals surface area contributed by atoms with Gasteiger partial charge in [-0.2, -0.15) is 10.1 Å². The predicted molar refractivity (Wildman–Crippen MR) is 108 cm³/mol. The molecule has 2 bridgehead atoms. The molecule has 11 heteroatoms. The number of hydrogen-bond acceptors (Lipinski definition) is 7. The minimum Gasteiger partial charge on any atom is -0.369 e. The molecule has 2 heterocycles. The first-order chi connectivity index (χ1) is 13.9. The topological polar surface area (TPSA) is 140 Å². The molecule has 0 radical (unpaired) electrons. The van der Waals surface area contributed by atoms with Gasteiger partial charge in [-0.3, -0.25) is 14.3 Å². The van der Waals surface area contributed by atoms with Gasteiger partial charge < -0.3 is 21.7 Å². The molecule has 0 aromatic carbocycles. The van der Waals surface area contributed by atoms with E-state index < -0.39 is 0 Å². The highest BCUT2D eigenvalue weighted by Gasteiger charge is 2.50. The average molecular weight is 419 g/mol. The highest BCUT2D eigenvalue weighted by Crippen LogP contribution is 2.49. The summed E-state index contributed by atoms with van der Waals surface area (Å²) in [5, 5.41) is 13.4. The number of carbonyl (C=O) groups excluding carboxylic acids is 2. The number of rotatable bonds is 7. The molecule has 4 rings (SSSR count). The molecule has 2 fully saturated rings. The van der Waals surface area contributed by atoms with Crippen molar-refractivity contribution in [3.63, 3.8) is 0 Å². The third-order valence-corrected chi connectivity index (χ3v) is 6.04. The van der Waals surface area contributed by atoms with Crippen LogP contribution in [0.15, 0.2) is 18.6 Å². The van der Waals surface area contributed by atoms with Gasteiger partial charge in [-0.1, -0.05) is 11.6 Å².